The van der Waals surface area contributed by atoms with Gasteiger partial charge < -0.3 is 0 Å². The molecule has 0 heterocycles. The van der Waals surface area contributed by atoms with Crippen LogP contribution in [0.5, 0.6) is 0 Å². The van der Waals surface area contributed by atoms with E-state index in [1.165, 1.54) is 20.0 Å². The van der Waals surface area contributed by atoms with Crippen LogP contribution in [0, 0.1) is 0 Å². The third kappa shape index (κ3) is 5.07. The molecule has 0 bridgehead atoms. The van der Waals surface area contributed by atoms with Crippen molar-refractivity contribution in [1.82, 2.24) is 0 Å². The topological polar surface area (TPSA) is 27.7 Å². The zero-order chi connectivity index (χ0) is 24.8. The average molecular weight is 678 g/mol. The molecule has 0 radical (unpaired) electrons. The van der Waals surface area contributed by atoms with Gasteiger partial charge in [0.15, 0.2) is 0 Å². The molecular weight excluding hydrogens is 628 g/mol. The summed E-state index contributed by atoms with van der Waals surface area (Å²) in [5.41, 5.74) is 1.45. The SMILES string of the molecule is C=CC[Si](C)(C)C1=C(C[Si](OC)(OC)OC)C=C[C]1([Si](C)(C)CC=C)[Pt]([CH2]C)([CH2]C)[CH2]C. The molecule has 0 amide bonds. The first-order valence-corrected chi connectivity index (χ1v) is 26.0. The van der Waals surface area contributed by atoms with E-state index in [2.05, 4.69) is 84.4 Å². The van der Waals surface area contributed by atoms with Gasteiger partial charge in [-0.15, -0.1) is 0 Å². The van der Waals surface area contributed by atoms with Gasteiger partial charge in [-0.2, -0.15) is 0 Å². The van der Waals surface area contributed by atoms with Crippen molar-refractivity contribution in [2.45, 2.75) is 83.0 Å². The molecule has 1 aliphatic rings. The van der Waals surface area contributed by atoms with E-state index in [1.807, 2.05) is 0 Å². The van der Waals surface area contributed by atoms with E-state index in [-0.39, 0.29) is 3.43 Å². The Bertz CT molecular complexity index is 705. The molecule has 7 heteroatoms. The van der Waals surface area contributed by atoms with Gasteiger partial charge >= 0.3 is 207 Å². The number of hydrogen-bond acceptors (Lipinski definition) is 3. The van der Waals surface area contributed by atoms with E-state index in [0.29, 0.717) is 0 Å². The molecule has 3 nitrogen and oxygen atoms in total. The molecule has 0 saturated heterocycles. The quantitative estimate of drug-likeness (QED) is 0.129. The van der Waals surface area contributed by atoms with Crippen LogP contribution in [0.3, 0.4) is 0 Å². The van der Waals surface area contributed by atoms with Gasteiger partial charge in [-0.1, -0.05) is 0 Å². The molecule has 0 aliphatic heterocycles. The van der Waals surface area contributed by atoms with E-state index in [9.17, 15) is 0 Å². The Morgan fingerprint density at radius 1 is 0.875 bits per heavy atom. The van der Waals surface area contributed by atoms with Crippen molar-refractivity contribution in [1.29, 1.82) is 0 Å². The van der Waals surface area contributed by atoms with Gasteiger partial charge in [0.25, 0.3) is 0 Å². The Kier molecular flexibility index (Phi) is 11.1. The van der Waals surface area contributed by atoms with Gasteiger partial charge in [0, 0.05) is 0 Å². The van der Waals surface area contributed by atoms with Gasteiger partial charge in [0.2, 0.25) is 0 Å². The number of hydrogen-bond donors (Lipinski definition) is 0. The first-order valence-electron chi connectivity index (χ1n) is 11.7. The van der Waals surface area contributed by atoms with Crippen LogP contribution in [0.1, 0.15) is 20.8 Å². The molecular formula is C25H50O3PtSi3. The fourth-order valence-corrected chi connectivity index (χ4v) is 42.5. The maximum absolute atomic E-state index is 5.92. The summed E-state index contributed by atoms with van der Waals surface area (Å²) in [7, 11) is -1.11. The van der Waals surface area contributed by atoms with Crippen LogP contribution in [-0.2, 0) is 29.3 Å². The van der Waals surface area contributed by atoms with Crippen LogP contribution < -0.4 is 0 Å². The molecule has 1 atom stereocenters. The van der Waals surface area contributed by atoms with Gasteiger partial charge in [-0.05, 0) is 0 Å². The van der Waals surface area contributed by atoms with Crippen molar-refractivity contribution < 1.29 is 29.3 Å². The van der Waals surface area contributed by atoms with Crippen LogP contribution in [0.2, 0.25) is 62.2 Å². The number of allylic oxidation sites excluding steroid dienone is 6. The second-order valence-electron chi connectivity index (χ2n) is 9.60. The van der Waals surface area contributed by atoms with E-state index in [1.54, 1.807) is 26.5 Å². The van der Waals surface area contributed by atoms with Crippen molar-refractivity contribution in [3.63, 3.8) is 0 Å². The van der Waals surface area contributed by atoms with Crippen LogP contribution in [-0.4, -0.2) is 46.3 Å². The Hall–Kier alpha value is 0.179. The standard InChI is InChI=1S/C19H35O3Si3.3C2H5.Pt/c1-10-14-23(6,7)18-13-12-17(16-25(20-3,21-4)22-5)19(18)24(8,9)15-11-2;3*1-2;/h10-13H,1-2,14-16H2,3-9H3;3*1H2,2H3;. The monoisotopic (exact) mass is 677 g/mol. The van der Waals surface area contributed by atoms with Crippen molar-refractivity contribution in [2.24, 2.45) is 0 Å². The zero-order valence-electron chi connectivity index (χ0n) is 22.5. The molecule has 0 N–H and O–H groups in total. The Labute approximate surface area is 206 Å². The van der Waals surface area contributed by atoms with E-state index >= 15 is 0 Å². The van der Waals surface area contributed by atoms with Crippen LogP contribution in [0.4, 0.5) is 0 Å². The van der Waals surface area contributed by atoms with Gasteiger partial charge in [0.1, 0.15) is 0 Å². The molecule has 0 aromatic rings. The molecule has 1 unspecified atom stereocenters. The van der Waals surface area contributed by atoms with Crippen molar-refractivity contribution in [3.8, 4) is 0 Å². The normalized spacial score (nSPS) is 20.7. The van der Waals surface area contributed by atoms with Gasteiger partial charge in [0.05, 0.1) is 0 Å². The summed E-state index contributed by atoms with van der Waals surface area (Å²) < 4.78 is 18.0. The third-order valence-corrected chi connectivity index (χ3v) is 39.0. The Balaban J connectivity index is 4.12. The Morgan fingerprint density at radius 2 is 1.34 bits per heavy atom. The fraction of sp³-hybridized carbons (Fsp3) is 0.680. The molecule has 0 spiro atoms. The summed E-state index contributed by atoms with van der Waals surface area (Å²) >= 11 is -2.27. The first-order chi connectivity index (χ1) is 14.9. The van der Waals surface area contributed by atoms with Gasteiger partial charge in [-0.3, -0.25) is 0 Å². The second-order valence-corrected chi connectivity index (χ2v) is 35.7. The molecule has 1 aliphatic carbocycles. The average Bonchev–Trinajstić information content (AvgIpc) is 3.16. The summed E-state index contributed by atoms with van der Waals surface area (Å²) in [5, 5.41) is 1.79. The molecule has 0 aromatic heterocycles. The van der Waals surface area contributed by atoms with E-state index in [0.717, 1.165) is 18.1 Å². The summed E-state index contributed by atoms with van der Waals surface area (Å²) in [6, 6.07) is 3.01. The van der Waals surface area contributed by atoms with Crippen LogP contribution in [0.15, 0.2) is 48.2 Å². The summed E-state index contributed by atoms with van der Waals surface area (Å²) in [6.07, 6.45) is 9.54. The molecule has 0 aromatic carbocycles. The summed E-state index contributed by atoms with van der Waals surface area (Å²) in [5.74, 6) is 0. The number of rotatable bonds is 15. The zero-order valence-corrected chi connectivity index (χ0v) is 27.8. The second kappa shape index (κ2) is 11.7. The maximum atomic E-state index is 5.92. The van der Waals surface area contributed by atoms with Crippen molar-refractivity contribution >= 4 is 25.0 Å². The van der Waals surface area contributed by atoms with Crippen molar-refractivity contribution in [2.75, 3.05) is 21.3 Å². The fourth-order valence-electron chi connectivity index (χ4n) is 5.62. The molecule has 190 valence electrons. The third-order valence-electron chi connectivity index (χ3n) is 7.26. The van der Waals surface area contributed by atoms with E-state index in [4.69, 9.17) is 13.3 Å². The molecule has 1 rings (SSSR count). The predicted molar refractivity (Wildman–Crippen MR) is 147 cm³/mol. The minimum atomic E-state index is -2.75. The van der Waals surface area contributed by atoms with Crippen LogP contribution >= 0.6 is 0 Å². The van der Waals surface area contributed by atoms with Crippen molar-refractivity contribution in [3.05, 3.63) is 48.2 Å². The first kappa shape index (κ1) is 30.2. The van der Waals surface area contributed by atoms with Gasteiger partial charge in [-0.25, -0.2) is 0 Å². The van der Waals surface area contributed by atoms with E-state index < -0.39 is 41.0 Å². The van der Waals surface area contributed by atoms with Crippen LogP contribution in [0.25, 0.3) is 0 Å². The minimum absolute atomic E-state index is 0.260. The predicted octanol–water partition coefficient (Wildman–Crippen LogP) is 8.23. The summed E-state index contributed by atoms with van der Waals surface area (Å²) in [6.45, 7) is 26.2. The molecule has 0 fully saturated rings. The molecule has 32 heavy (non-hydrogen) atoms. The molecule has 0 saturated carbocycles. The Morgan fingerprint density at radius 3 is 1.72 bits per heavy atom. The summed E-state index contributed by atoms with van der Waals surface area (Å²) in [4.78, 5) is 4.07.